The van der Waals surface area contributed by atoms with E-state index in [1.165, 1.54) is 6.33 Å². The molecule has 5 heteroatoms. The van der Waals surface area contributed by atoms with Crippen molar-refractivity contribution in [3.8, 4) is 5.88 Å². The Balaban J connectivity index is 2.90. The molecule has 2 aromatic heterocycles. The van der Waals surface area contributed by atoms with Crippen LogP contribution in [0.25, 0.3) is 11.2 Å². The smallest absolute Gasteiger partial charge is 0.260 e. The fraction of sp³-hybridized carbons (Fsp3) is 0.167. The maximum absolute atomic E-state index is 9.10. The molecule has 0 saturated carbocycles. The zero-order chi connectivity index (χ0) is 7.84. The minimum atomic E-state index is -0.171. The lowest BCUT2D eigenvalue weighted by Gasteiger charge is -1.86. The summed E-state index contributed by atoms with van der Waals surface area (Å²) >= 11 is 0. The molecule has 0 fully saturated rings. The molecule has 0 aliphatic carbocycles. The first kappa shape index (κ1) is 6.09. The van der Waals surface area contributed by atoms with Crippen LogP contribution in [-0.4, -0.2) is 20.1 Å². The first-order chi connectivity index (χ1) is 5.27. The summed E-state index contributed by atoms with van der Waals surface area (Å²) in [4.78, 5) is 11.2. The van der Waals surface area contributed by atoms with Gasteiger partial charge in [0.1, 0.15) is 6.33 Å². The second-order valence-corrected chi connectivity index (χ2v) is 2.08. The molecule has 0 saturated heterocycles. The average molecular weight is 151 g/mol. The number of aromatic hydroxyl groups is 1. The van der Waals surface area contributed by atoms with E-state index in [0.29, 0.717) is 11.5 Å². The summed E-state index contributed by atoms with van der Waals surface area (Å²) < 4.78 is 5.01. The quantitative estimate of drug-likeness (QED) is 0.597. The Bertz CT molecular complexity index is 396. The molecule has 0 bridgehead atoms. The van der Waals surface area contributed by atoms with Gasteiger partial charge >= 0.3 is 0 Å². The highest BCUT2D eigenvalue weighted by atomic mass is 16.4. The Kier molecular flexibility index (Phi) is 1.06. The zero-order valence-corrected chi connectivity index (χ0v) is 5.77. The van der Waals surface area contributed by atoms with Crippen molar-refractivity contribution in [2.24, 2.45) is 0 Å². The molecule has 0 aliphatic rings. The number of hydrogen-bond acceptors (Lipinski definition) is 5. The first-order valence-corrected chi connectivity index (χ1v) is 3.04. The lowest BCUT2D eigenvalue weighted by molar-refractivity contribution is 0.439. The summed E-state index contributed by atoms with van der Waals surface area (Å²) in [7, 11) is 0. The van der Waals surface area contributed by atoms with Gasteiger partial charge in [-0.3, -0.25) is 0 Å². The van der Waals surface area contributed by atoms with Gasteiger partial charge in [-0.1, -0.05) is 0 Å². The Labute approximate surface area is 61.7 Å². The number of aromatic nitrogens is 3. The number of rotatable bonds is 0. The molecule has 0 amide bonds. The van der Waals surface area contributed by atoms with Crippen LogP contribution in [-0.2, 0) is 0 Å². The van der Waals surface area contributed by atoms with Crippen molar-refractivity contribution >= 4 is 11.2 Å². The van der Waals surface area contributed by atoms with Crippen LogP contribution in [0, 0.1) is 6.92 Å². The average Bonchev–Trinajstić information content (AvgIpc) is 2.31. The van der Waals surface area contributed by atoms with E-state index in [2.05, 4.69) is 15.0 Å². The maximum Gasteiger partial charge on any atom is 0.260 e. The molecular weight excluding hydrogens is 146 g/mol. The Hall–Kier alpha value is -1.65. The topological polar surface area (TPSA) is 72.0 Å². The molecular formula is C6H5N3O2. The van der Waals surface area contributed by atoms with Crippen molar-refractivity contribution < 1.29 is 9.52 Å². The number of hydrogen-bond donors (Lipinski definition) is 1. The molecule has 0 aromatic carbocycles. The fourth-order valence-corrected chi connectivity index (χ4v) is 0.846. The highest BCUT2D eigenvalue weighted by Crippen LogP contribution is 2.19. The molecule has 56 valence electrons. The van der Waals surface area contributed by atoms with E-state index in [0.717, 1.165) is 0 Å². The van der Waals surface area contributed by atoms with Crippen molar-refractivity contribution in [2.45, 2.75) is 6.92 Å². The first-order valence-electron chi connectivity index (χ1n) is 3.04. The number of aryl methyl sites for hydroxylation is 1. The van der Waals surface area contributed by atoms with Gasteiger partial charge in [-0.05, 0) is 0 Å². The zero-order valence-electron chi connectivity index (χ0n) is 5.77. The van der Waals surface area contributed by atoms with E-state index < -0.39 is 0 Å². The van der Waals surface area contributed by atoms with Crippen LogP contribution in [0.2, 0.25) is 0 Å². The molecule has 1 N–H and O–H groups in total. The van der Waals surface area contributed by atoms with Gasteiger partial charge in [-0.25, -0.2) is 4.98 Å². The molecule has 0 atom stereocenters. The molecule has 0 unspecified atom stereocenters. The molecule has 0 spiro atoms. The fourth-order valence-electron chi connectivity index (χ4n) is 0.846. The van der Waals surface area contributed by atoms with Crippen molar-refractivity contribution in [3.05, 3.63) is 12.2 Å². The van der Waals surface area contributed by atoms with E-state index in [4.69, 9.17) is 9.52 Å². The van der Waals surface area contributed by atoms with Gasteiger partial charge in [0.2, 0.25) is 11.2 Å². The summed E-state index contributed by atoms with van der Waals surface area (Å²) in [6.07, 6.45) is 1.24. The highest BCUT2D eigenvalue weighted by Gasteiger charge is 2.07. The van der Waals surface area contributed by atoms with Crippen LogP contribution in [0.5, 0.6) is 5.88 Å². The SMILES string of the molecule is Cc1nc2ncnc(O)c2o1. The molecule has 11 heavy (non-hydrogen) atoms. The van der Waals surface area contributed by atoms with E-state index in [1.54, 1.807) is 6.92 Å². The minimum absolute atomic E-state index is 0.171. The Morgan fingerprint density at radius 3 is 3.00 bits per heavy atom. The van der Waals surface area contributed by atoms with Crippen LogP contribution >= 0.6 is 0 Å². The van der Waals surface area contributed by atoms with E-state index in [1.807, 2.05) is 0 Å². The van der Waals surface area contributed by atoms with E-state index >= 15 is 0 Å². The molecule has 2 aromatic rings. The third-order valence-electron chi connectivity index (χ3n) is 1.28. The van der Waals surface area contributed by atoms with Crippen LogP contribution < -0.4 is 0 Å². The van der Waals surface area contributed by atoms with Gasteiger partial charge in [0.25, 0.3) is 5.88 Å². The van der Waals surface area contributed by atoms with Crippen molar-refractivity contribution in [1.29, 1.82) is 0 Å². The number of fused-ring (bicyclic) bond motifs is 1. The van der Waals surface area contributed by atoms with Gasteiger partial charge in [-0.15, -0.1) is 0 Å². The number of nitrogens with zero attached hydrogens (tertiary/aromatic N) is 3. The summed E-state index contributed by atoms with van der Waals surface area (Å²) in [5.74, 6) is 0.298. The maximum atomic E-state index is 9.10. The summed E-state index contributed by atoms with van der Waals surface area (Å²) in [5, 5.41) is 9.10. The largest absolute Gasteiger partial charge is 0.490 e. The van der Waals surface area contributed by atoms with Gasteiger partial charge < -0.3 is 9.52 Å². The second kappa shape index (κ2) is 1.91. The predicted octanol–water partition coefficient (Wildman–Crippen LogP) is 0.632. The molecule has 2 rings (SSSR count). The van der Waals surface area contributed by atoms with Crippen LogP contribution in [0.4, 0.5) is 0 Å². The Morgan fingerprint density at radius 2 is 2.27 bits per heavy atom. The molecule has 2 heterocycles. The lowest BCUT2D eigenvalue weighted by Crippen LogP contribution is -1.79. The van der Waals surface area contributed by atoms with Crippen molar-refractivity contribution in [3.63, 3.8) is 0 Å². The molecule has 0 aliphatic heterocycles. The van der Waals surface area contributed by atoms with Gasteiger partial charge in [0.15, 0.2) is 5.89 Å². The standard InChI is InChI=1S/C6H5N3O2/c1-3-9-5-4(11-3)6(10)8-2-7-5/h2H,1H3,(H,7,8,10). The summed E-state index contributed by atoms with van der Waals surface area (Å²) in [6.45, 7) is 1.68. The Morgan fingerprint density at radius 1 is 1.45 bits per heavy atom. The third kappa shape index (κ3) is 0.813. The van der Waals surface area contributed by atoms with Crippen LogP contribution in [0.15, 0.2) is 10.7 Å². The summed E-state index contributed by atoms with van der Waals surface area (Å²) in [5.41, 5.74) is 0.625. The van der Waals surface area contributed by atoms with Crippen LogP contribution in [0.3, 0.4) is 0 Å². The van der Waals surface area contributed by atoms with Gasteiger partial charge in [0, 0.05) is 6.92 Å². The monoisotopic (exact) mass is 151 g/mol. The molecule has 5 nitrogen and oxygen atoms in total. The minimum Gasteiger partial charge on any atom is -0.490 e. The number of oxazole rings is 1. The third-order valence-corrected chi connectivity index (χ3v) is 1.28. The normalized spacial score (nSPS) is 10.6. The highest BCUT2D eigenvalue weighted by molar-refractivity contribution is 5.72. The van der Waals surface area contributed by atoms with Crippen molar-refractivity contribution in [1.82, 2.24) is 15.0 Å². The van der Waals surface area contributed by atoms with E-state index in [-0.39, 0.29) is 11.5 Å². The van der Waals surface area contributed by atoms with E-state index in [9.17, 15) is 0 Å². The van der Waals surface area contributed by atoms with Gasteiger partial charge in [-0.2, -0.15) is 9.97 Å². The second-order valence-electron chi connectivity index (χ2n) is 2.08. The predicted molar refractivity (Wildman–Crippen MR) is 36.0 cm³/mol. The van der Waals surface area contributed by atoms with Gasteiger partial charge in [0.05, 0.1) is 0 Å². The van der Waals surface area contributed by atoms with Crippen LogP contribution in [0.1, 0.15) is 5.89 Å². The lowest BCUT2D eigenvalue weighted by atomic mass is 10.6. The summed E-state index contributed by atoms with van der Waals surface area (Å²) in [6, 6.07) is 0. The molecule has 0 radical (unpaired) electrons. The van der Waals surface area contributed by atoms with Crippen molar-refractivity contribution in [2.75, 3.05) is 0 Å².